The molecule has 94 valence electrons. The van der Waals surface area contributed by atoms with Gasteiger partial charge in [-0.1, -0.05) is 6.92 Å². The van der Waals surface area contributed by atoms with E-state index in [-0.39, 0.29) is 11.6 Å². The van der Waals surface area contributed by atoms with Crippen LogP contribution >= 0.6 is 11.3 Å². The quantitative estimate of drug-likeness (QED) is 0.709. The summed E-state index contributed by atoms with van der Waals surface area (Å²) in [6.07, 6.45) is 0.856. The molecule has 1 atom stereocenters. The Morgan fingerprint density at radius 3 is 2.82 bits per heavy atom. The fourth-order valence-electron chi connectivity index (χ4n) is 1.13. The Kier molecular flexibility index (Phi) is 4.89. The second kappa shape index (κ2) is 6.19. The van der Waals surface area contributed by atoms with Crippen molar-refractivity contribution >= 4 is 28.3 Å². The summed E-state index contributed by atoms with van der Waals surface area (Å²) in [6, 6.07) is -0.586. The summed E-state index contributed by atoms with van der Waals surface area (Å²) in [4.78, 5) is 27.0. The van der Waals surface area contributed by atoms with Crippen molar-refractivity contribution in [1.82, 2.24) is 15.6 Å². The zero-order valence-corrected chi connectivity index (χ0v) is 10.6. The molecule has 0 spiro atoms. The van der Waals surface area contributed by atoms with Gasteiger partial charge in [-0.2, -0.15) is 0 Å². The molecule has 0 aromatic carbocycles. The molecule has 1 unspecified atom stereocenters. The number of nitrogen functional groups attached to an aromatic ring is 1. The van der Waals surface area contributed by atoms with Crippen LogP contribution in [0.3, 0.4) is 0 Å². The zero-order chi connectivity index (χ0) is 12.8. The molecule has 1 rings (SSSR count). The van der Waals surface area contributed by atoms with Crippen LogP contribution in [0.1, 0.15) is 30.8 Å². The van der Waals surface area contributed by atoms with E-state index in [1.54, 1.807) is 12.3 Å². The number of hydrogen-bond donors (Lipinski definition) is 3. The van der Waals surface area contributed by atoms with Crippen molar-refractivity contribution in [1.29, 1.82) is 0 Å². The Morgan fingerprint density at radius 2 is 2.29 bits per heavy atom. The van der Waals surface area contributed by atoms with E-state index in [9.17, 15) is 9.59 Å². The molecule has 0 aliphatic carbocycles. The molecule has 0 bridgehead atoms. The molecule has 0 radical (unpaired) electrons. The van der Waals surface area contributed by atoms with Gasteiger partial charge in [-0.3, -0.25) is 9.59 Å². The lowest BCUT2D eigenvalue weighted by molar-refractivity contribution is -0.122. The lowest BCUT2D eigenvalue weighted by Crippen LogP contribution is -2.45. The van der Waals surface area contributed by atoms with Crippen LogP contribution in [0.15, 0.2) is 5.38 Å². The first-order valence-electron chi connectivity index (χ1n) is 5.34. The Bertz CT molecular complexity index is 405. The Morgan fingerprint density at radius 1 is 1.59 bits per heavy atom. The van der Waals surface area contributed by atoms with Crippen LogP contribution in [0.4, 0.5) is 5.13 Å². The van der Waals surface area contributed by atoms with Crippen LogP contribution in [0.25, 0.3) is 0 Å². The van der Waals surface area contributed by atoms with Crippen LogP contribution in [0, 0.1) is 0 Å². The highest BCUT2D eigenvalue weighted by molar-refractivity contribution is 7.13. The molecule has 0 saturated heterocycles. The minimum absolute atomic E-state index is 0.205. The van der Waals surface area contributed by atoms with Crippen LogP contribution in [-0.4, -0.2) is 29.4 Å². The lowest BCUT2D eigenvalue weighted by Gasteiger charge is -2.12. The minimum atomic E-state index is -0.586. The molecular weight excluding hydrogens is 240 g/mol. The average Bonchev–Trinajstić information content (AvgIpc) is 2.72. The molecule has 2 amide bonds. The number of rotatable bonds is 5. The van der Waals surface area contributed by atoms with Crippen molar-refractivity contribution in [2.24, 2.45) is 0 Å². The second-order valence-corrected chi connectivity index (χ2v) is 4.45. The van der Waals surface area contributed by atoms with Crippen molar-refractivity contribution in [3.8, 4) is 0 Å². The first kappa shape index (κ1) is 13.4. The van der Waals surface area contributed by atoms with E-state index in [0.29, 0.717) is 11.7 Å². The number of carbonyl (C=O) groups excluding carboxylic acids is 2. The molecule has 4 N–H and O–H groups in total. The summed E-state index contributed by atoms with van der Waals surface area (Å²) >= 11 is 1.19. The van der Waals surface area contributed by atoms with Gasteiger partial charge in [-0.25, -0.2) is 4.98 Å². The van der Waals surface area contributed by atoms with Gasteiger partial charge in [-0.05, 0) is 13.3 Å². The number of nitrogens with two attached hydrogens (primary N) is 1. The largest absolute Gasteiger partial charge is 0.375 e. The molecule has 7 heteroatoms. The number of thiazole rings is 1. The monoisotopic (exact) mass is 256 g/mol. The van der Waals surface area contributed by atoms with E-state index in [1.807, 2.05) is 6.92 Å². The van der Waals surface area contributed by atoms with Crippen LogP contribution in [0.5, 0.6) is 0 Å². The Hall–Kier alpha value is -1.63. The maximum Gasteiger partial charge on any atom is 0.271 e. The molecule has 17 heavy (non-hydrogen) atoms. The molecule has 6 nitrogen and oxygen atoms in total. The maximum atomic E-state index is 11.6. The van der Waals surface area contributed by atoms with Gasteiger partial charge in [0.2, 0.25) is 5.91 Å². The molecule has 0 aliphatic heterocycles. The minimum Gasteiger partial charge on any atom is -0.375 e. The van der Waals surface area contributed by atoms with E-state index < -0.39 is 11.9 Å². The fourth-order valence-corrected chi connectivity index (χ4v) is 1.67. The number of nitrogens with zero attached hydrogens (tertiary/aromatic N) is 1. The molecular formula is C10H16N4O2S. The first-order chi connectivity index (χ1) is 8.04. The van der Waals surface area contributed by atoms with Gasteiger partial charge in [0, 0.05) is 11.9 Å². The number of anilines is 1. The number of nitrogens with one attached hydrogen (secondary N) is 2. The fraction of sp³-hybridized carbons (Fsp3) is 0.500. The third-order valence-corrected chi connectivity index (χ3v) is 2.72. The Labute approximate surface area is 104 Å². The van der Waals surface area contributed by atoms with Gasteiger partial charge >= 0.3 is 0 Å². The van der Waals surface area contributed by atoms with E-state index in [2.05, 4.69) is 15.6 Å². The van der Waals surface area contributed by atoms with Gasteiger partial charge in [0.25, 0.3) is 5.91 Å². The lowest BCUT2D eigenvalue weighted by atomic mass is 10.3. The number of amides is 2. The molecule has 1 aromatic heterocycles. The van der Waals surface area contributed by atoms with E-state index in [1.165, 1.54) is 11.3 Å². The molecule has 0 fully saturated rings. The summed E-state index contributed by atoms with van der Waals surface area (Å²) in [5.41, 5.74) is 5.66. The predicted octanol–water partition coefficient (Wildman–Crippen LogP) is 0.370. The molecule has 0 saturated carbocycles. The van der Waals surface area contributed by atoms with Crippen molar-refractivity contribution in [3.63, 3.8) is 0 Å². The SMILES string of the molecule is CCCNC(=O)C(C)NC(=O)c1csc(N)n1. The van der Waals surface area contributed by atoms with Gasteiger partial charge in [-0.15, -0.1) is 11.3 Å². The van der Waals surface area contributed by atoms with Gasteiger partial charge in [0.05, 0.1) is 0 Å². The summed E-state index contributed by atoms with van der Waals surface area (Å²) in [6.45, 7) is 4.18. The van der Waals surface area contributed by atoms with Crippen molar-refractivity contribution < 1.29 is 9.59 Å². The third-order valence-electron chi connectivity index (χ3n) is 2.04. The van der Waals surface area contributed by atoms with Gasteiger partial charge < -0.3 is 16.4 Å². The first-order valence-corrected chi connectivity index (χ1v) is 6.22. The standard InChI is InChI=1S/C10H16N4O2S/c1-3-4-12-8(15)6(2)13-9(16)7-5-17-10(11)14-7/h5-6H,3-4H2,1-2H3,(H2,11,14)(H,12,15)(H,13,16). The normalized spacial score (nSPS) is 11.9. The maximum absolute atomic E-state index is 11.6. The average molecular weight is 256 g/mol. The summed E-state index contributed by atoms with van der Waals surface area (Å²) in [5.74, 6) is -0.597. The van der Waals surface area contributed by atoms with Gasteiger partial charge in [0.15, 0.2) is 5.13 Å². The molecule has 1 heterocycles. The Balaban J connectivity index is 2.48. The van der Waals surface area contributed by atoms with Crippen molar-refractivity contribution in [2.45, 2.75) is 26.3 Å². The number of aromatic nitrogens is 1. The molecule has 1 aromatic rings. The summed E-state index contributed by atoms with van der Waals surface area (Å²) < 4.78 is 0. The van der Waals surface area contributed by atoms with Gasteiger partial charge in [0.1, 0.15) is 11.7 Å². The topological polar surface area (TPSA) is 97.1 Å². The second-order valence-electron chi connectivity index (χ2n) is 3.56. The van der Waals surface area contributed by atoms with E-state index in [0.717, 1.165) is 6.42 Å². The summed E-state index contributed by atoms with van der Waals surface area (Å²) in [7, 11) is 0. The van der Waals surface area contributed by atoms with E-state index in [4.69, 9.17) is 5.73 Å². The van der Waals surface area contributed by atoms with Crippen LogP contribution < -0.4 is 16.4 Å². The van der Waals surface area contributed by atoms with Crippen molar-refractivity contribution in [3.05, 3.63) is 11.1 Å². The number of hydrogen-bond acceptors (Lipinski definition) is 5. The molecule has 0 aliphatic rings. The van der Waals surface area contributed by atoms with Crippen LogP contribution in [0.2, 0.25) is 0 Å². The highest BCUT2D eigenvalue weighted by Crippen LogP contribution is 2.10. The van der Waals surface area contributed by atoms with E-state index >= 15 is 0 Å². The van der Waals surface area contributed by atoms with Crippen LogP contribution in [-0.2, 0) is 4.79 Å². The van der Waals surface area contributed by atoms with Crippen molar-refractivity contribution in [2.75, 3.05) is 12.3 Å². The zero-order valence-electron chi connectivity index (χ0n) is 9.82. The smallest absolute Gasteiger partial charge is 0.271 e. The number of carbonyl (C=O) groups is 2. The summed E-state index contributed by atoms with van der Waals surface area (Å²) in [5, 5.41) is 7.14. The predicted molar refractivity (Wildman–Crippen MR) is 66.8 cm³/mol. The highest BCUT2D eigenvalue weighted by Gasteiger charge is 2.17. The third kappa shape index (κ3) is 4.03. The highest BCUT2D eigenvalue weighted by atomic mass is 32.1.